The van der Waals surface area contributed by atoms with Crippen LogP contribution in [0.25, 0.3) is 0 Å². The zero-order valence-electron chi connectivity index (χ0n) is 12.7. The molecular weight excluding hydrogens is 343 g/mol. The predicted molar refractivity (Wildman–Crippen MR) is 95.2 cm³/mol. The van der Waals surface area contributed by atoms with Crippen LogP contribution < -0.4 is 10.6 Å². The first-order chi connectivity index (χ1) is 10.1. The van der Waals surface area contributed by atoms with Crippen LogP contribution >= 0.6 is 35.6 Å². The van der Waals surface area contributed by atoms with Crippen LogP contribution in [0, 0.1) is 5.92 Å². The summed E-state index contributed by atoms with van der Waals surface area (Å²) in [5.74, 6) is 0.681. The smallest absolute Gasteiger partial charge is 0.220 e. The van der Waals surface area contributed by atoms with Gasteiger partial charge in [-0.3, -0.25) is 4.79 Å². The molecule has 1 aliphatic rings. The largest absolute Gasteiger partial charge is 0.352 e. The molecule has 2 atom stereocenters. The van der Waals surface area contributed by atoms with E-state index in [1.54, 1.807) is 6.07 Å². The molecule has 6 heteroatoms. The minimum absolute atomic E-state index is 0. The van der Waals surface area contributed by atoms with E-state index in [-0.39, 0.29) is 24.4 Å². The van der Waals surface area contributed by atoms with Gasteiger partial charge in [0.25, 0.3) is 0 Å². The molecule has 0 aliphatic carbocycles. The van der Waals surface area contributed by atoms with Crippen molar-refractivity contribution >= 4 is 41.5 Å². The Morgan fingerprint density at radius 3 is 2.82 bits per heavy atom. The molecule has 1 aromatic rings. The van der Waals surface area contributed by atoms with E-state index in [0.717, 1.165) is 37.9 Å². The number of amides is 1. The number of hydrogen-bond acceptors (Lipinski definition) is 2. The third kappa shape index (κ3) is 5.96. The zero-order valence-corrected chi connectivity index (χ0v) is 15.0. The van der Waals surface area contributed by atoms with Crippen molar-refractivity contribution in [3.05, 3.63) is 33.8 Å². The standard InChI is InChI=1S/C16H22Cl2N2O.ClH/c1-11-7-8-19-10-15(11)20-16(21)4-2-3-12-5-6-13(17)14(18)9-12;/h5-6,9,11,15,19H,2-4,7-8,10H2,1H3,(H,20,21);1H. The molecule has 22 heavy (non-hydrogen) atoms. The number of carbonyl (C=O) groups excluding carboxylic acids is 1. The average molecular weight is 366 g/mol. The molecule has 1 saturated heterocycles. The molecule has 124 valence electrons. The minimum atomic E-state index is 0. The summed E-state index contributed by atoms with van der Waals surface area (Å²) in [6.45, 7) is 4.12. The molecule has 3 nitrogen and oxygen atoms in total. The Morgan fingerprint density at radius 2 is 2.14 bits per heavy atom. The number of hydrogen-bond donors (Lipinski definition) is 2. The van der Waals surface area contributed by atoms with Crippen LogP contribution in [-0.4, -0.2) is 25.0 Å². The SMILES string of the molecule is CC1CCNCC1NC(=O)CCCc1ccc(Cl)c(Cl)c1.Cl. The van der Waals surface area contributed by atoms with Crippen molar-refractivity contribution < 1.29 is 4.79 Å². The Bertz CT molecular complexity index is 496. The first-order valence-electron chi connectivity index (χ1n) is 7.50. The summed E-state index contributed by atoms with van der Waals surface area (Å²) in [6, 6.07) is 5.89. The first-order valence-corrected chi connectivity index (χ1v) is 8.26. The molecule has 1 heterocycles. The van der Waals surface area contributed by atoms with Crippen molar-refractivity contribution in [2.45, 2.75) is 38.6 Å². The Labute approximate surface area is 148 Å². The number of carbonyl (C=O) groups is 1. The summed E-state index contributed by atoms with van der Waals surface area (Å²) in [5, 5.41) is 7.59. The molecule has 1 amide bonds. The lowest BCUT2D eigenvalue weighted by atomic mass is 9.94. The number of nitrogens with one attached hydrogen (secondary N) is 2. The van der Waals surface area contributed by atoms with Gasteiger partial charge in [-0.25, -0.2) is 0 Å². The molecule has 0 saturated carbocycles. The average Bonchev–Trinajstić information content (AvgIpc) is 2.45. The van der Waals surface area contributed by atoms with Crippen molar-refractivity contribution in [1.82, 2.24) is 10.6 Å². The minimum Gasteiger partial charge on any atom is -0.352 e. The van der Waals surface area contributed by atoms with E-state index in [9.17, 15) is 4.79 Å². The van der Waals surface area contributed by atoms with Crippen LogP contribution in [0.15, 0.2) is 18.2 Å². The van der Waals surface area contributed by atoms with Gasteiger partial charge in [-0.2, -0.15) is 0 Å². The van der Waals surface area contributed by atoms with Crippen molar-refractivity contribution in [1.29, 1.82) is 0 Å². The molecule has 2 rings (SSSR count). The summed E-state index contributed by atoms with van der Waals surface area (Å²) in [4.78, 5) is 12.0. The fourth-order valence-corrected chi connectivity index (χ4v) is 2.93. The van der Waals surface area contributed by atoms with Gasteiger partial charge in [-0.1, -0.05) is 36.2 Å². The molecule has 0 radical (unpaired) electrons. The van der Waals surface area contributed by atoms with Crippen LogP contribution in [-0.2, 0) is 11.2 Å². The van der Waals surface area contributed by atoms with Gasteiger partial charge in [0.2, 0.25) is 5.91 Å². The van der Waals surface area contributed by atoms with Crippen molar-refractivity contribution in [3.63, 3.8) is 0 Å². The Hall–Kier alpha value is -0.480. The topological polar surface area (TPSA) is 41.1 Å². The fourth-order valence-electron chi connectivity index (χ4n) is 2.61. The van der Waals surface area contributed by atoms with Crippen LogP contribution in [0.3, 0.4) is 0 Å². The van der Waals surface area contributed by atoms with Crippen molar-refractivity contribution in [2.75, 3.05) is 13.1 Å². The van der Waals surface area contributed by atoms with Gasteiger partial charge < -0.3 is 10.6 Å². The maximum atomic E-state index is 12.0. The number of rotatable bonds is 5. The lowest BCUT2D eigenvalue weighted by Crippen LogP contribution is -2.50. The first kappa shape index (κ1) is 19.6. The second-order valence-corrected chi connectivity index (χ2v) is 6.56. The highest BCUT2D eigenvalue weighted by Gasteiger charge is 2.22. The molecule has 2 unspecified atom stereocenters. The van der Waals surface area contributed by atoms with Gasteiger partial charge in [-0.15, -0.1) is 12.4 Å². The van der Waals surface area contributed by atoms with Gasteiger partial charge in [-0.05, 0) is 49.4 Å². The lowest BCUT2D eigenvalue weighted by molar-refractivity contribution is -0.122. The van der Waals surface area contributed by atoms with Gasteiger partial charge >= 0.3 is 0 Å². The summed E-state index contributed by atoms with van der Waals surface area (Å²) in [7, 11) is 0. The van der Waals surface area contributed by atoms with E-state index in [0.29, 0.717) is 22.4 Å². The summed E-state index contributed by atoms with van der Waals surface area (Å²) in [6.07, 6.45) is 3.32. The number of piperidine rings is 1. The van der Waals surface area contributed by atoms with E-state index in [2.05, 4.69) is 17.6 Å². The zero-order chi connectivity index (χ0) is 15.2. The van der Waals surface area contributed by atoms with E-state index in [1.807, 2.05) is 12.1 Å². The number of halogens is 3. The molecular formula is C16H23Cl3N2O. The second kappa shape index (κ2) is 9.61. The van der Waals surface area contributed by atoms with E-state index >= 15 is 0 Å². The third-order valence-electron chi connectivity index (χ3n) is 4.03. The van der Waals surface area contributed by atoms with E-state index < -0.39 is 0 Å². The highest BCUT2D eigenvalue weighted by molar-refractivity contribution is 6.42. The Balaban J connectivity index is 0.00000242. The maximum absolute atomic E-state index is 12.0. The molecule has 0 bridgehead atoms. The normalized spacial score (nSPS) is 21.0. The van der Waals surface area contributed by atoms with Gasteiger partial charge in [0.1, 0.15) is 0 Å². The highest BCUT2D eigenvalue weighted by Crippen LogP contribution is 2.23. The van der Waals surface area contributed by atoms with E-state index in [4.69, 9.17) is 23.2 Å². The molecule has 1 aliphatic heterocycles. The number of aryl methyl sites for hydroxylation is 1. The van der Waals surface area contributed by atoms with Gasteiger partial charge in [0, 0.05) is 19.0 Å². The van der Waals surface area contributed by atoms with Crippen molar-refractivity contribution in [3.8, 4) is 0 Å². The van der Waals surface area contributed by atoms with Crippen LogP contribution in [0.2, 0.25) is 10.0 Å². The molecule has 1 aromatic carbocycles. The fraction of sp³-hybridized carbons (Fsp3) is 0.562. The molecule has 0 spiro atoms. The Morgan fingerprint density at radius 1 is 1.36 bits per heavy atom. The van der Waals surface area contributed by atoms with Crippen LogP contribution in [0.1, 0.15) is 31.7 Å². The third-order valence-corrected chi connectivity index (χ3v) is 4.77. The molecule has 0 aromatic heterocycles. The van der Waals surface area contributed by atoms with Crippen LogP contribution in [0.5, 0.6) is 0 Å². The maximum Gasteiger partial charge on any atom is 0.220 e. The quantitative estimate of drug-likeness (QED) is 0.832. The number of benzene rings is 1. The summed E-state index contributed by atoms with van der Waals surface area (Å²) in [5.41, 5.74) is 1.12. The molecule has 2 N–H and O–H groups in total. The molecule has 1 fully saturated rings. The monoisotopic (exact) mass is 364 g/mol. The Kier molecular flexibility index (Phi) is 8.55. The summed E-state index contributed by atoms with van der Waals surface area (Å²) < 4.78 is 0. The second-order valence-electron chi connectivity index (χ2n) is 5.75. The predicted octanol–water partition coefficient (Wildman–Crippen LogP) is 3.85. The van der Waals surface area contributed by atoms with Crippen LogP contribution in [0.4, 0.5) is 0 Å². The summed E-state index contributed by atoms with van der Waals surface area (Å²) >= 11 is 11.9. The van der Waals surface area contributed by atoms with E-state index in [1.165, 1.54) is 0 Å². The lowest BCUT2D eigenvalue weighted by Gasteiger charge is -2.30. The van der Waals surface area contributed by atoms with Crippen molar-refractivity contribution in [2.24, 2.45) is 5.92 Å². The van der Waals surface area contributed by atoms with Gasteiger partial charge in [0.05, 0.1) is 10.0 Å². The highest BCUT2D eigenvalue weighted by atomic mass is 35.5. The van der Waals surface area contributed by atoms with Gasteiger partial charge in [0.15, 0.2) is 0 Å².